The normalized spacial score (nSPS) is 21.5. The molecule has 1 N–H and O–H groups in total. The first-order valence-electron chi connectivity index (χ1n) is 7.87. The zero-order valence-corrected chi connectivity index (χ0v) is 13.3. The van der Waals surface area contributed by atoms with Gasteiger partial charge < -0.3 is 14.6 Å². The number of rotatable bonds is 6. The maximum atomic E-state index is 10.0. The lowest BCUT2D eigenvalue weighted by atomic mass is 10.1. The van der Waals surface area contributed by atoms with Crippen molar-refractivity contribution >= 4 is 0 Å². The zero-order valence-electron chi connectivity index (χ0n) is 13.3. The molecule has 1 fully saturated rings. The third-order valence-electron chi connectivity index (χ3n) is 3.99. The standard InChI is InChI=1S/C17H27NO3/c1-4-16(19)15-7-5-6-8-17(15)21-12-14-11-18(13(2)3)9-10-20-14/h5-8,13-14,16,19H,4,9-12H2,1-3H3. The van der Waals surface area contributed by atoms with Gasteiger partial charge in [0, 0.05) is 24.7 Å². The largest absolute Gasteiger partial charge is 0.490 e. The van der Waals surface area contributed by atoms with Crippen molar-refractivity contribution in [1.82, 2.24) is 4.90 Å². The number of nitrogens with zero attached hydrogens (tertiary/aromatic N) is 1. The highest BCUT2D eigenvalue weighted by Crippen LogP contribution is 2.27. The van der Waals surface area contributed by atoms with E-state index in [-0.39, 0.29) is 6.10 Å². The summed E-state index contributed by atoms with van der Waals surface area (Å²) in [6, 6.07) is 8.23. The molecule has 4 nitrogen and oxygen atoms in total. The van der Waals surface area contributed by atoms with Crippen molar-refractivity contribution in [3.05, 3.63) is 29.8 Å². The first kappa shape index (κ1) is 16.3. The number of aliphatic hydroxyl groups is 1. The lowest BCUT2D eigenvalue weighted by Gasteiger charge is -2.35. The lowest BCUT2D eigenvalue weighted by molar-refractivity contribution is -0.0567. The molecule has 21 heavy (non-hydrogen) atoms. The molecule has 1 aromatic carbocycles. The number of ether oxygens (including phenoxy) is 2. The number of para-hydroxylation sites is 1. The summed E-state index contributed by atoms with van der Waals surface area (Å²) in [7, 11) is 0. The number of benzene rings is 1. The molecule has 0 aliphatic carbocycles. The van der Waals surface area contributed by atoms with Crippen LogP contribution in [0.2, 0.25) is 0 Å². The Balaban J connectivity index is 1.94. The van der Waals surface area contributed by atoms with Crippen LogP contribution in [0.3, 0.4) is 0 Å². The molecule has 2 atom stereocenters. The Kier molecular flexibility index (Phi) is 6.03. The second kappa shape index (κ2) is 7.78. The molecule has 1 aliphatic rings. The molecule has 0 spiro atoms. The van der Waals surface area contributed by atoms with Gasteiger partial charge in [0.25, 0.3) is 0 Å². The Bertz CT molecular complexity index is 436. The van der Waals surface area contributed by atoms with E-state index in [4.69, 9.17) is 9.47 Å². The summed E-state index contributed by atoms with van der Waals surface area (Å²) in [5.41, 5.74) is 0.858. The predicted molar refractivity (Wildman–Crippen MR) is 83.6 cm³/mol. The molecular formula is C17H27NO3. The zero-order chi connectivity index (χ0) is 15.2. The summed E-state index contributed by atoms with van der Waals surface area (Å²) in [5.74, 6) is 0.761. The van der Waals surface area contributed by atoms with Crippen LogP contribution < -0.4 is 4.74 Å². The summed E-state index contributed by atoms with van der Waals surface area (Å²) in [5, 5.41) is 10.0. The first-order valence-corrected chi connectivity index (χ1v) is 7.87. The van der Waals surface area contributed by atoms with E-state index in [1.54, 1.807) is 0 Å². The van der Waals surface area contributed by atoms with Gasteiger partial charge in [-0.05, 0) is 26.3 Å². The second-order valence-corrected chi connectivity index (χ2v) is 5.85. The Morgan fingerprint density at radius 1 is 1.38 bits per heavy atom. The minimum Gasteiger partial charge on any atom is -0.490 e. The predicted octanol–water partition coefficient (Wildman–Crippen LogP) is 2.62. The minimum absolute atomic E-state index is 0.0907. The van der Waals surface area contributed by atoms with E-state index in [1.807, 2.05) is 31.2 Å². The Hall–Kier alpha value is -1.10. The maximum absolute atomic E-state index is 10.0. The molecule has 2 rings (SSSR count). The third-order valence-corrected chi connectivity index (χ3v) is 3.99. The van der Waals surface area contributed by atoms with Gasteiger partial charge in [-0.25, -0.2) is 0 Å². The average molecular weight is 293 g/mol. The molecule has 0 amide bonds. The Labute approximate surface area is 127 Å². The van der Waals surface area contributed by atoms with E-state index in [9.17, 15) is 5.11 Å². The quantitative estimate of drug-likeness (QED) is 0.875. The van der Waals surface area contributed by atoms with Gasteiger partial charge in [-0.15, -0.1) is 0 Å². The van der Waals surface area contributed by atoms with Crippen molar-refractivity contribution in [2.45, 2.75) is 45.4 Å². The van der Waals surface area contributed by atoms with Crippen LogP contribution in [0.1, 0.15) is 38.9 Å². The maximum Gasteiger partial charge on any atom is 0.125 e. The Morgan fingerprint density at radius 2 is 2.14 bits per heavy atom. The molecule has 4 heteroatoms. The molecule has 118 valence electrons. The fourth-order valence-corrected chi connectivity index (χ4v) is 2.60. The van der Waals surface area contributed by atoms with E-state index >= 15 is 0 Å². The molecule has 1 heterocycles. The van der Waals surface area contributed by atoms with Crippen molar-refractivity contribution in [1.29, 1.82) is 0 Å². The molecule has 1 aromatic rings. The first-order chi connectivity index (χ1) is 10.1. The summed E-state index contributed by atoms with van der Waals surface area (Å²) in [4.78, 5) is 2.41. The van der Waals surface area contributed by atoms with Crippen LogP contribution in [-0.2, 0) is 4.74 Å². The topological polar surface area (TPSA) is 41.9 Å². The van der Waals surface area contributed by atoms with E-state index < -0.39 is 6.10 Å². The van der Waals surface area contributed by atoms with Crippen molar-refractivity contribution in [3.63, 3.8) is 0 Å². The molecule has 2 unspecified atom stereocenters. The fraction of sp³-hybridized carbons (Fsp3) is 0.647. The molecule has 0 bridgehead atoms. The van der Waals surface area contributed by atoms with Gasteiger partial charge in [0.15, 0.2) is 0 Å². The van der Waals surface area contributed by atoms with Crippen molar-refractivity contribution < 1.29 is 14.6 Å². The average Bonchev–Trinajstić information content (AvgIpc) is 2.52. The molecule has 0 radical (unpaired) electrons. The van der Waals surface area contributed by atoms with E-state index in [2.05, 4.69) is 18.7 Å². The van der Waals surface area contributed by atoms with Crippen molar-refractivity contribution in [2.24, 2.45) is 0 Å². The number of aliphatic hydroxyl groups excluding tert-OH is 1. The SMILES string of the molecule is CCC(O)c1ccccc1OCC1CN(C(C)C)CCO1. The van der Waals surface area contributed by atoms with E-state index in [1.165, 1.54) is 0 Å². The van der Waals surface area contributed by atoms with Crippen LogP contribution in [0.4, 0.5) is 0 Å². The minimum atomic E-state index is -0.472. The van der Waals surface area contributed by atoms with E-state index in [0.717, 1.165) is 31.0 Å². The number of hydrogen-bond acceptors (Lipinski definition) is 4. The van der Waals surface area contributed by atoms with Crippen LogP contribution in [0.5, 0.6) is 5.75 Å². The number of hydrogen-bond donors (Lipinski definition) is 1. The lowest BCUT2D eigenvalue weighted by Crippen LogP contribution is -2.47. The molecule has 0 aromatic heterocycles. The highest BCUT2D eigenvalue weighted by Gasteiger charge is 2.23. The second-order valence-electron chi connectivity index (χ2n) is 5.85. The molecule has 0 saturated carbocycles. The van der Waals surface area contributed by atoms with Crippen LogP contribution in [0.15, 0.2) is 24.3 Å². The molecular weight excluding hydrogens is 266 g/mol. The van der Waals surface area contributed by atoms with Crippen molar-refractivity contribution in [2.75, 3.05) is 26.3 Å². The van der Waals surface area contributed by atoms with Gasteiger partial charge in [-0.1, -0.05) is 25.1 Å². The van der Waals surface area contributed by atoms with Crippen LogP contribution >= 0.6 is 0 Å². The van der Waals surface area contributed by atoms with Crippen LogP contribution in [0, 0.1) is 0 Å². The van der Waals surface area contributed by atoms with Gasteiger partial charge in [-0.3, -0.25) is 4.90 Å². The van der Waals surface area contributed by atoms with E-state index in [0.29, 0.717) is 19.1 Å². The molecule has 1 saturated heterocycles. The smallest absolute Gasteiger partial charge is 0.125 e. The fourth-order valence-electron chi connectivity index (χ4n) is 2.60. The van der Waals surface area contributed by atoms with Gasteiger partial charge in [0.2, 0.25) is 0 Å². The van der Waals surface area contributed by atoms with Crippen LogP contribution in [-0.4, -0.2) is 48.5 Å². The highest BCUT2D eigenvalue weighted by molar-refractivity contribution is 5.35. The number of morpholine rings is 1. The van der Waals surface area contributed by atoms with Gasteiger partial charge in [0.1, 0.15) is 18.5 Å². The molecule has 1 aliphatic heterocycles. The van der Waals surface area contributed by atoms with Crippen LogP contribution in [0.25, 0.3) is 0 Å². The highest BCUT2D eigenvalue weighted by atomic mass is 16.5. The monoisotopic (exact) mass is 293 g/mol. The summed E-state index contributed by atoms with van der Waals surface area (Å²) >= 11 is 0. The van der Waals surface area contributed by atoms with Crippen molar-refractivity contribution in [3.8, 4) is 5.75 Å². The summed E-state index contributed by atoms with van der Waals surface area (Å²) < 4.78 is 11.7. The summed E-state index contributed by atoms with van der Waals surface area (Å²) in [6.07, 6.45) is 0.301. The Morgan fingerprint density at radius 3 is 2.86 bits per heavy atom. The van der Waals surface area contributed by atoms with Gasteiger partial charge in [-0.2, -0.15) is 0 Å². The summed E-state index contributed by atoms with van der Waals surface area (Å²) in [6.45, 7) is 9.54. The third kappa shape index (κ3) is 4.43. The van der Waals surface area contributed by atoms with Gasteiger partial charge >= 0.3 is 0 Å². The van der Waals surface area contributed by atoms with Gasteiger partial charge in [0.05, 0.1) is 12.7 Å².